The van der Waals surface area contributed by atoms with Gasteiger partial charge < -0.3 is 10.1 Å². The van der Waals surface area contributed by atoms with E-state index in [-0.39, 0.29) is 4.90 Å². The third-order valence-corrected chi connectivity index (χ3v) is 5.33. The van der Waals surface area contributed by atoms with Crippen molar-refractivity contribution < 1.29 is 22.7 Å². The van der Waals surface area contributed by atoms with Crippen molar-refractivity contribution in [3.8, 4) is 0 Å². The van der Waals surface area contributed by atoms with Gasteiger partial charge in [0, 0.05) is 10.7 Å². The lowest BCUT2D eigenvalue weighted by Crippen LogP contribution is -2.32. The Hall–Kier alpha value is -2.42. The van der Waals surface area contributed by atoms with E-state index < -0.39 is 35.1 Å². The molecule has 0 aliphatic carbocycles. The summed E-state index contributed by atoms with van der Waals surface area (Å²) in [5, 5.41) is 3.05. The fourth-order valence-corrected chi connectivity index (χ4v) is 3.58. The Morgan fingerprint density at radius 1 is 1.07 bits per heavy atom. The Labute approximate surface area is 162 Å². The molecule has 0 atom stereocenters. The quantitative estimate of drug-likeness (QED) is 0.682. The summed E-state index contributed by atoms with van der Waals surface area (Å²) in [4.78, 5) is 23.6. The van der Waals surface area contributed by atoms with Gasteiger partial charge in [-0.15, -0.1) is 0 Å². The van der Waals surface area contributed by atoms with E-state index in [4.69, 9.17) is 16.3 Å². The minimum absolute atomic E-state index is 0.0933. The molecule has 2 N–H and O–H groups in total. The lowest BCUT2D eigenvalue weighted by molar-refractivity contribution is -0.146. The Bertz CT molecular complexity index is 943. The largest absolute Gasteiger partial charge is 0.455 e. The molecule has 2 rings (SSSR count). The number of benzene rings is 2. The van der Waals surface area contributed by atoms with Gasteiger partial charge in [-0.05, 0) is 55.3 Å². The first kappa shape index (κ1) is 20.9. The summed E-state index contributed by atoms with van der Waals surface area (Å²) >= 11 is 5.75. The number of nitrogens with one attached hydrogen (secondary N) is 2. The maximum absolute atomic E-state index is 12.3. The summed E-state index contributed by atoms with van der Waals surface area (Å²) in [5.74, 6) is -1.42. The number of ether oxygens (including phenoxy) is 1. The normalized spacial score (nSPS) is 11.1. The van der Waals surface area contributed by atoms with Gasteiger partial charge in [0.05, 0.1) is 4.90 Å². The molecular weight excluding hydrogens is 392 g/mol. The zero-order valence-corrected chi connectivity index (χ0v) is 16.4. The molecule has 2 aromatic carbocycles. The fourth-order valence-electron chi connectivity index (χ4n) is 2.16. The maximum atomic E-state index is 12.3. The highest BCUT2D eigenvalue weighted by Gasteiger charge is 2.19. The minimum Gasteiger partial charge on any atom is -0.455 e. The molecule has 1 amide bonds. The molecule has 0 spiro atoms. The molecule has 0 radical (unpaired) electrons. The van der Waals surface area contributed by atoms with Crippen LogP contribution in [0.15, 0.2) is 47.4 Å². The zero-order valence-electron chi connectivity index (χ0n) is 14.8. The number of hydrogen-bond acceptors (Lipinski definition) is 5. The first-order valence-corrected chi connectivity index (χ1v) is 9.81. The molecule has 0 aliphatic heterocycles. The highest BCUT2D eigenvalue weighted by atomic mass is 35.5. The van der Waals surface area contributed by atoms with Gasteiger partial charge in [0.2, 0.25) is 10.0 Å². The predicted octanol–water partition coefficient (Wildman–Crippen LogP) is 2.42. The van der Waals surface area contributed by atoms with E-state index in [1.165, 1.54) is 6.07 Å². The Balaban J connectivity index is 1.84. The number of carbonyl (C=O) groups is 2. The summed E-state index contributed by atoms with van der Waals surface area (Å²) in [6, 6.07) is 11.4. The number of rotatable bonds is 7. The van der Waals surface area contributed by atoms with Crippen LogP contribution in [0.1, 0.15) is 11.1 Å². The Kier molecular flexibility index (Phi) is 6.95. The standard InChI is InChI=1S/C18H19ClN2O5S/c1-12-3-4-13(2)16(9-12)27(24,25)20-10-18(23)26-11-17(22)21-15-7-5-14(19)6-8-15/h3-9,20H,10-11H2,1-2H3,(H,21,22). The van der Waals surface area contributed by atoms with Crippen molar-refractivity contribution >= 4 is 39.2 Å². The number of halogens is 1. The van der Waals surface area contributed by atoms with E-state index in [1.54, 1.807) is 50.2 Å². The molecule has 7 nitrogen and oxygen atoms in total. The van der Waals surface area contributed by atoms with Crippen LogP contribution >= 0.6 is 11.6 Å². The predicted molar refractivity (Wildman–Crippen MR) is 102 cm³/mol. The Morgan fingerprint density at radius 3 is 2.41 bits per heavy atom. The third kappa shape index (κ3) is 6.35. The van der Waals surface area contributed by atoms with Crippen LogP contribution in [0.4, 0.5) is 5.69 Å². The molecule has 0 saturated heterocycles. The van der Waals surface area contributed by atoms with Gasteiger partial charge in [0.15, 0.2) is 6.61 Å². The van der Waals surface area contributed by atoms with Gasteiger partial charge in [-0.3, -0.25) is 9.59 Å². The zero-order chi connectivity index (χ0) is 20.0. The van der Waals surface area contributed by atoms with E-state index in [0.29, 0.717) is 16.3 Å². The third-order valence-electron chi connectivity index (χ3n) is 3.53. The van der Waals surface area contributed by atoms with Crippen LogP contribution in [-0.2, 0) is 24.3 Å². The number of esters is 1. The maximum Gasteiger partial charge on any atom is 0.321 e. The second-order valence-electron chi connectivity index (χ2n) is 5.81. The van der Waals surface area contributed by atoms with Crippen molar-refractivity contribution in [1.29, 1.82) is 0 Å². The van der Waals surface area contributed by atoms with Crippen LogP contribution in [0.2, 0.25) is 5.02 Å². The molecule has 0 aromatic heterocycles. The topological polar surface area (TPSA) is 102 Å². The fraction of sp³-hybridized carbons (Fsp3) is 0.222. The molecule has 0 fully saturated rings. The van der Waals surface area contributed by atoms with E-state index in [1.807, 2.05) is 0 Å². The number of aryl methyl sites for hydroxylation is 2. The van der Waals surface area contributed by atoms with Crippen molar-refractivity contribution in [3.05, 3.63) is 58.6 Å². The molecule has 0 aliphatic rings. The van der Waals surface area contributed by atoms with Crippen molar-refractivity contribution in [2.45, 2.75) is 18.7 Å². The summed E-state index contributed by atoms with van der Waals surface area (Å²) in [6.07, 6.45) is 0. The van der Waals surface area contributed by atoms with Gasteiger partial charge in [-0.25, -0.2) is 8.42 Å². The van der Waals surface area contributed by atoms with E-state index in [9.17, 15) is 18.0 Å². The van der Waals surface area contributed by atoms with Gasteiger partial charge >= 0.3 is 5.97 Å². The number of carbonyl (C=O) groups excluding carboxylic acids is 2. The first-order valence-electron chi connectivity index (χ1n) is 7.95. The first-order chi connectivity index (χ1) is 12.7. The average molecular weight is 411 g/mol. The number of hydrogen-bond donors (Lipinski definition) is 2. The van der Waals surface area contributed by atoms with Crippen LogP contribution in [0.25, 0.3) is 0 Å². The van der Waals surface area contributed by atoms with Gasteiger partial charge in [-0.1, -0.05) is 23.7 Å². The van der Waals surface area contributed by atoms with Gasteiger partial charge in [0.1, 0.15) is 6.54 Å². The van der Waals surface area contributed by atoms with Crippen LogP contribution in [-0.4, -0.2) is 33.4 Å². The van der Waals surface area contributed by atoms with Crippen LogP contribution in [0, 0.1) is 13.8 Å². The van der Waals surface area contributed by atoms with Crippen LogP contribution in [0.3, 0.4) is 0 Å². The molecule has 27 heavy (non-hydrogen) atoms. The van der Waals surface area contributed by atoms with E-state index in [2.05, 4.69) is 10.0 Å². The van der Waals surface area contributed by atoms with E-state index >= 15 is 0 Å². The molecule has 2 aromatic rings. The summed E-state index contributed by atoms with van der Waals surface area (Å²) in [6.45, 7) is 2.32. The molecule has 0 unspecified atom stereocenters. The number of sulfonamides is 1. The lowest BCUT2D eigenvalue weighted by Gasteiger charge is -2.10. The average Bonchev–Trinajstić information content (AvgIpc) is 2.62. The SMILES string of the molecule is Cc1ccc(C)c(S(=O)(=O)NCC(=O)OCC(=O)Nc2ccc(Cl)cc2)c1. The Morgan fingerprint density at radius 2 is 1.74 bits per heavy atom. The summed E-state index contributed by atoms with van der Waals surface area (Å²) < 4.78 is 31.6. The minimum atomic E-state index is -3.86. The molecule has 144 valence electrons. The second kappa shape index (κ2) is 8.98. The highest BCUT2D eigenvalue weighted by molar-refractivity contribution is 7.89. The van der Waals surface area contributed by atoms with Gasteiger partial charge in [-0.2, -0.15) is 4.72 Å². The van der Waals surface area contributed by atoms with E-state index in [0.717, 1.165) is 5.56 Å². The van der Waals surface area contributed by atoms with Gasteiger partial charge in [0.25, 0.3) is 5.91 Å². The van der Waals surface area contributed by atoms with Crippen molar-refractivity contribution in [2.75, 3.05) is 18.5 Å². The lowest BCUT2D eigenvalue weighted by atomic mass is 10.2. The number of amides is 1. The molecule has 0 bridgehead atoms. The molecular formula is C18H19ClN2O5S. The smallest absolute Gasteiger partial charge is 0.321 e. The summed E-state index contributed by atoms with van der Waals surface area (Å²) in [5.41, 5.74) is 1.84. The number of anilines is 1. The van der Waals surface area contributed by atoms with Crippen LogP contribution in [0.5, 0.6) is 0 Å². The monoisotopic (exact) mass is 410 g/mol. The van der Waals surface area contributed by atoms with Crippen molar-refractivity contribution in [1.82, 2.24) is 4.72 Å². The highest BCUT2D eigenvalue weighted by Crippen LogP contribution is 2.16. The molecule has 0 saturated carbocycles. The van der Waals surface area contributed by atoms with Crippen molar-refractivity contribution in [2.24, 2.45) is 0 Å². The summed E-state index contributed by atoms with van der Waals surface area (Å²) in [7, 11) is -3.86. The molecule has 0 heterocycles. The molecule has 9 heteroatoms. The van der Waals surface area contributed by atoms with Crippen LogP contribution < -0.4 is 10.0 Å². The van der Waals surface area contributed by atoms with Crippen molar-refractivity contribution in [3.63, 3.8) is 0 Å². The second-order valence-corrected chi connectivity index (χ2v) is 7.98.